The van der Waals surface area contributed by atoms with Gasteiger partial charge in [0, 0.05) is 22.2 Å². The van der Waals surface area contributed by atoms with Gasteiger partial charge in [-0.2, -0.15) is 0 Å². The van der Waals surface area contributed by atoms with Crippen LogP contribution in [0, 0.1) is 0 Å². The van der Waals surface area contributed by atoms with Crippen molar-refractivity contribution >= 4 is 28.8 Å². The molecule has 0 aromatic heterocycles. The van der Waals surface area contributed by atoms with Crippen LogP contribution in [0.4, 0.5) is 0 Å². The maximum Gasteiger partial charge on any atom is 0.123 e. The molecule has 0 radical (unpaired) electrons. The van der Waals surface area contributed by atoms with Gasteiger partial charge < -0.3 is 15.2 Å². The van der Waals surface area contributed by atoms with Crippen LogP contribution in [0.15, 0.2) is 42.5 Å². The average molecular weight is 322 g/mol. The molecule has 2 rings (SSSR count). The molecule has 2 N–H and O–H groups in total. The zero-order valence-electron chi connectivity index (χ0n) is 11.6. The maximum atomic E-state index is 6.20. The van der Waals surface area contributed by atoms with Crippen LogP contribution in [0.5, 0.6) is 11.5 Å². The summed E-state index contributed by atoms with van der Waals surface area (Å²) in [6.45, 7) is 2.93. The van der Waals surface area contributed by atoms with Gasteiger partial charge in [0.15, 0.2) is 0 Å². The van der Waals surface area contributed by atoms with Gasteiger partial charge in [-0.25, -0.2) is 0 Å². The Balaban J connectivity index is 2.06. The fourth-order valence-corrected chi connectivity index (χ4v) is 2.16. The normalized spacial score (nSPS) is 10.2. The van der Waals surface area contributed by atoms with Crippen molar-refractivity contribution in [2.24, 2.45) is 5.73 Å². The third-order valence-corrected chi connectivity index (χ3v) is 3.44. The topological polar surface area (TPSA) is 44.5 Å². The highest BCUT2D eigenvalue weighted by molar-refractivity contribution is 7.80. The van der Waals surface area contributed by atoms with E-state index in [1.165, 1.54) is 0 Å². The van der Waals surface area contributed by atoms with E-state index >= 15 is 0 Å². The molecule has 0 spiro atoms. The number of ether oxygens (including phenoxy) is 2. The Morgan fingerprint density at radius 3 is 2.48 bits per heavy atom. The predicted octanol–water partition coefficient (Wildman–Crippen LogP) is 3.95. The Hall–Kier alpha value is -1.78. The molecule has 3 nitrogen and oxygen atoms in total. The molecule has 0 heterocycles. The van der Waals surface area contributed by atoms with Gasteiger partial charge in [-0.1, -0.05) is 42.0 Å². The van der Waals surface area contributed by atoms with Crippen LogP contribution in [0.3, 0.4) is 0 Å². The molecule has 5 heteroatoms. The van der Waals surface area contributed by atoms with Gasteiger partial charge in [0.1, 0.15) is 23.1 Å². The fourth-order valence-electron chi connectivity index (χ4n) is 1.80. The molecule has 0 saturated carbocycles. The van der Waals surface area contributed by atoms with E-state index < -0.39 is 0 Å². The minimum Gasteiger partial charge on any atom is -0.494 e. The van der Waals surface area contributed by atoms with Gasteiger partial charge in [0.05, 0.1) is 6.61 Å². The molecule has 110 valence electrons. The highest BCUT2D eigenvalue weighted by atomic mass is 35.5. The van der Waals surface area contributed by atoms with Crippen molar-refractivity contribution in [1.29, 1.82) is 0 Å². The maximum absolute atomic E-state index is 6.20. The molecule has 0 aliphatic heterocycles. The number of nitrogens with two attached hydrogens (primary N) is 1. The Kier molecular flexibility index (Phi) is 5.42. The summed E-state index contributed by atoms with van der Waals surface area (Å²) in [5.41, 5.74) is 7.19. The minimum absolute atomic E-state index is 0.328. The first-order chi connectivity index (χ1) is 10.1. The summed E-state index contributed by atoms with van der Waals surface area (Å²) in [5.74, 6) is 1.51. The van der Waals surface area contributed by atoms with Gasteiger partial charge in [-0.3, -0.25) is 0 Å². The molecule has 0 atom stereocenters. The van der Waals surface area contributed by atoms with Crippen molar-refractivity contribution in [3.63, 3.8) is 0 Å². The molecule has 2 aromatic carbocycles. The van der Waals surface area contributed by atoms with E-state index in [2.05, 4.69) is 0 Å². The standard InChI is InChI=1S/C16H16ClNO2S/c1-2-19-13-4-3-5-14(9-13)20-10-12-7-6-11(16(18)21)8-15(12)17/h3-9H,2,10H2,1H3,(H2,18,21). The lowest BCUT2D eigenvalue weighted by Crippen LogP contribution is -2.09. The second-order valence-electron chi connectivity index (χ2n) is 4.37. The van der Waals surface area contributed by atoms with Crippen molar-refractivity contribution in [1.82, 2.24) is 0 Å². The first-order valence-corrected chi connectivity index (χ1v) is 7.32. The smallest absolute Gasteiger partial charge is 0.123 e. The fraction of sp³-hybridized carbons (Fsp3) is 0.188. The van der Waals surface area contributed by atoms with E-state index in [-0.39, 0.29) is 0 Å². The van der Waals surface area contributed by atoms with Gasteiger partial charge in [-0.05, 0) is 25.1 Å². The Morgan fingerprint density at radius 2 is 1.86 bits per heavy atom. The first-order valence-electron chi connectivity index (χ1n) is 6.54. The summed E-state index contributed by atoms with van der Waals surface area (Å²) >= 11 is 11.1. The predicted molar refractivity (Wildman–Crippen MR) is 89.3 cm³/mol. The summed E-state index contributed by atoms with van der Waals surface area (Å²) < 4.78 is 11.2. The van der Waals surface area contributed by atoms with Crippen LogP contribution >= 0.6 is 23.8 Å². The van der Waals surface area contributed by atoms with Crippen LogP contribution < -0.4 is 15.2 Å². The van der Waals surface area contributed by atoms with E-state index in [0.29, 0.717) is 23.2 Å². The van der Waals surface area contributed by atoms with Crippen molar-refractivity contribution in [2.75, 3.05) is 6.61 Å². The molecular formula is C16H16ClNO2S. The number of hydrogen-bond acceptors (Lipinski definition) is 3. The van der Waals surface area contributed by atoms with E-state index in [0.717, 1.165) is 22.6 Å². The van der Waals surface area contributed by atoms with Crippen molar-refractivity contribution in [2.45, 2.75) is 13.5 Å². The van der Waals surface area contributed by atoms with Crippen LogP contribution in [0.25, 0.3) is 0 Å². The lowest BCUT2D eigenvalue weighted by molar-refractivity contribution is 0.299. The van der Waals surface area contributed by atoms with Gasteiger partial charge >= 0.3 is 0 Å². The molecule has 0 aliphatic rings. The Labute approximate surface area is 134 Å². The minimum atomic E-state index is 0.328. The highest BCUT2D eigenvalue weighted by Gasteiger charge is 2.05. The van der Waals surface area contributed by atoms with Crippen molar-refractivity contribution < 1.29 is 9.47 Å². The molecule has 0 unspecified atom stereocenters. The molecule has 0 bridgehead atoms. The second kappa shape index (κ2) is 7.29. The molecule has 0 amide bonds. The van der Waals surface area contributed by atoms with Crippen molar-refractivity contribution in [3.8, 4) is 11.5 Å². The quantitative estimate of drug-likeness (QED) is 0.818. The van der Waals surface area contributed by atoms with Gasteiger partial charge in [-0.15, -0.1) is 0 Å². The zero-order valence-corrected chi connectivity index (χ0v) is 13.2. The van der Waals surface area contributed by atoms with Crippen LogP contribution in [-0.4, -0.2) is 11.6 Å². The highest BCUT2D eigenvalue weighted by Crippen LogP contribution is 2.23. The Bertz CT molecular complexity index is 646. The number of rotatable bonds is 6. The third kappa shape index (κ3) is 4.34. The van der Waals surface area contributed by atoms with E-state index in [9.17, 15) is 0 Å². The van der Waals surface area contributed by atoms with E-state index in [1.807, 2.05) is 43.3 Å². The first kappa shape index (κ1) is 15.6. The zero-order chi connectivity index (χ0) is 15.2. The second-order valence-corrected chi connectivity index (χ2v) is 5.21. The molecule has 0 fully saturated rings. The summed E-state index contributed by atoms with van der Waals surface area (Å²) in [6, 6.07) is 12.9. The lowest BCUT2D eigenvalue weighted by atomic mass is 10.1. The SMILES string of the molecule is CCOc1cccc(OCc2ccc(C(N)=S)cc2Cl)c1. The number of benzene rings is 2. The van der Waals surface area contributed by atoms with E-state index in [4.69, 9.17) is 39.0 Å². The summed E-state index contributed by atoms with van der Waals surface area (Å²) in [6.07, 6.45) is 0. The van der Waals surface area contributed by atoms with E-state index in [1.54, 1.807) is 6.07 Å². The summed E-state index contributed by atoms with van der Waals surface area (Å²) in [7, 11) is 0. The third-order valence-electron chi connectivity index (χ3n) is 2.85. The molecule has 21 heavy (non-hydrogen) atoms. The van der Waals surface area contributed by atoms with Crippen LogP contribution in [0.2, 0.25) is 5.02 Å². The molecule has 0 aliphatic carbocycles. The number of hydrogen-bond donors (Lipinski definition) is 1. The number of halogens is 1. The van der Waals surface area contributed by atoms with Crippen LogP contribution in [0.1, 0.15) is 18.1 Å². The largest absolute Gasteiger partial charge is 0.494 e. The van der Waals surface area contributed by atoms with Crippen LogP contribution in [-0.2, 0) is 6.61 Å². The number of thiocarbonyl (C=S) groups is 1. The summed E-state index contributed by atoms with van der Waals surface area (Å²) in [4.78, 5) is 0.328. The molecule has 2 aromatic rings. The summed E-state index contributed by atoms with van der Waals surface area (Å²) in [5, 5.41) is 0.585. The Morgan fingerprint density at radius 1 is 1.14 bits per heavy atom. The molecular weight excluding hydrogens is 306 g/mol. The molecule has 0 saturated heterocycles. The monoisotopic (exact) mass is 321 g/mol. The van der Waals surface area contributed by atoms with Crippen molar-refractivity contribution in [3.05, 3.63) is 58.6 Å². The van der Waals surface area contributed by atoms with Gasteiger partial charge in [0.25, 0.3) is 0 Å². The van der Waals surface area contributed by atoms with Gasteiger partial charge in [0.2, 0.25) is 0 Å². The average Bonchev–Trinajstić information content (AvgIpc) is 2.46. The lowest BCUT2D eigenvalue weighted by Gasteiger charge is -2.10.